The molecule has 2 unspecified atom stereocenters. The molecule has 2 atom stereocenters. The maximum absolute atomic E-state index is 6.26. The van der Waals surface area contributed by atoms with E-state index in [1.807, 2.05) is 12.1 Å². The molecule has 102 valence electrons. The number of rotatable bonds is 6. The van der Waals surface area contributed by atoms with Gasteiger partial charge in [0, 0.05) is 22.9 Å². The molecule has 0 saturated heterocycles. The summed E-state index contributed by atoms with van der Waals surface area (Å²) in [6, 6.07) is 8.46. The number of halogens is 2. The molecule has 1 aromatic rings. The van der Waals surface area contributed by atoms with E-state index >= 15 is 0 Å². The smallest absolute Gasteiger partial charge is 0.0453 e. The van der Waals surface area contributed by atoms with E-state index < -0.39 is 0 Å². The highest BCUT2D eigenvalue weighted by molar-refractivity contribution is 9.09. The highest BCUT2D eigenvalue weighted by Crippen LogP contribution is 2.27. The third-order valence-electron chi connectivity index (χ3n) is 3.68. The Bertz CT molecular complexity index is 367. The summed E-state index contributed by atoms with van der Waals surface area (Å²) < 4.78 is 0. The molecule has 0 amide bonds. The van der Waals surface area contributed by atoms with Gasteiger partial charge in [-0.1, -0.05) is 59.6 Å². The van der Waals surface area contributed by atoms with Crippen molar-refractivity contribution in [2.75, 3.05) is 18.9 Å². The van der Waals surface area contributed by atoms with Crippen molar-refractivity contribution in [2.45, 2.75) is 26.8 Å². The third kappa shape index (κ3) is 4.25. The van der Waals surface area contributed by atoms with Gasteiger partial charge in [-0.2, -0.15) is 0 Å². The van der Waals surface area contributed by atoms with E-state index in [1.165, 1.54) is 5.56 Å². The Morgan fingerprint density at radius 2 is 1.83 bits per heavy atom. The van der Waals surface area contributed by atoms with Gasteiger partial charge in [0.1, 0.15) is 0 Å². The maximum atomic E-state index is 6.26. The zero-order valence-electron chi connectivity index (χ0n) is 11.7. The van der Waals surface area contributed by atoms with Crippen molar-refractivity contribution in [3.05, 3.63) is 34.9 Å². The molecule has 0 aliphatic heterocycles. The Morgan fingerprint density at radius 3 is 2.33 bits per heavy atom. The highest BCUT2D eigenvalue weighted by Gasteiger charge is 2.19. The molecule has 0 heterocycles. The Balaban J connectivity index is 2.72. The van der Waals surface area contributed by atoms with Gasteiger partial charge in [-0.15, -0.1) is 0 Å². The largest absolute Gasteiger partial charge is 0.299 e. The van der Waals surface area contributed by atoms with Gasteiger partial charge in [0.2, 0.25) is 0 Å². The summed E-state index contributed by atoms with van der Waals surface area (Å²) >= 11 is 9.87. The quantitative estimate of drug-likeness (QED) is 0.663. The summed E-state index contributed by atoms with van der Waals surface area (Å²) in [7, 11) is 2.17. The first-order valence-electron chi connectivity index (χ1n) is 6.48. The molecule has 0 fully saturated rings. The Hall–Kier alpha value is -0.0500. The fourth-order valence-corrected chi connectivity index (χ4v) is 3.26. The van der Waals surface area contributed by atoms with Crippen molar-refractivity contribution in [2.24, 2.45) is 11.8 Å². The van der Waals surface area contributed by atoms with Crippen molar-refractivity contribution in [1.82, 2.24) is 4.90 Å². The first kappa shape index (κ1) is 16.0. The summed E-state index contributed by atoms with van der Waals surface area (Å²) in [6.45, 7) is 7.85. The van der Waals surface area contributed by atoms with Crippen LogP contribution in [0.2, 0.25) is 5.02 Å². The molecule has 1 rings (SSSR count). The van der Waals surface area contributed by atoms with Gasteiger partial charge in [0.05, 0.1) is 0 Å². The van der Waals surface area contributed by atoms with Crippen LogP contribution in [-0.2, 0) is 0 Å². The monoisotopic (exact) mass is 331 g/mol. The molecule has 0 N–H and O–H groups in total. The molecule has 0 aliphatic rings. The molecular weight excluding hydrogens is 310 g/mol. The van der Waals surface area contributed by atoms with Crippen LogP contribution >= 0.6 is 27.5 Å². The maximum Gasteiger partial charge on any atom is 0.0453 e. The predicted octanol–water partition coefficient (Wildman–Crippen LogP) is 5.00. The standard InChI is InChI=1S/C15H23BrClN/c1-11(2)13(9-16)10-18(4)12(3)14-7-5-6-8-15(14)17/h5-8,11-13H,9-10H2,1-4H3. The van der Waals surface area contributed by atoms with Crippen LogP contribution in [0, 0.1) is 11.8 Å². The molecule has 1 nitrogen and oxygen atoms in total. The predicted molar refractivity (Wildman–Crippen MR) is 84.6 cm³/mol. The minimum atomic E-state index is 0.346. The van der Waals surface area contributed by atoms with E-state index in [1.54, 1.807) is 0 Å². The van der Waals surface area contributed by atoms with Crippen LogP contribution in [0.15, 0.2) is 24.3 Å². The van der Waals surface area contributed by atoms with Crippen LogP contribution in [0.25, 0.3) is 0 Å². The Morgan fingerprint density at radius 1 is 1.22 bits per heavy atom. The molecule has 0 bridgehead atoms. The number of hydrogen-bond acceptors (Lipinski definition) is 1. The second kappa shape index (κ2) is 7.52. The highest BCUT2D eigenvalue weighted by atomic mass is 79.9. The van der Waals surface area contributed by atoms with Crippen molar-refractivity contribution < 1.29 is 0 Å². The SMILES string of the molecule is CC(C)C(CBr)CN(C)C(C)c1ccccc1Cl. The van der Waals surface area contributed by atoms with Gasteiger partial charge in [0.25, 0.3) is 0 Å². The van der Waals surface area contributed by atoms with E-state index in [0.717, 1.165) is 16.9 Å². The fraction of sp³-hybridized carbons (Fsp3) is 0.600. The number of nitrogens with zero attached hydrogens (tertiary/aromatic N) is 1. The Kier molecular flexibility index (Phi) is 6.68. The van der Waals surface area contributed by atoms with Gasteiger partial charge in [-0.25, -0.2) is 0 Å². The van der Waals surface area contributed by atoms with Gasteiger partial charge < -0.3 is 0 Å². The van der Waals surface area contributed by atoms with Gasteiger partial charge in [-0.3, -0.25) is 4.90 Å². The van der Waals surface area contributed by atoms with Crippen molar-refractivity contribution in [1.29, 1.82) is 0 Å². The van der Waals surface area contributed by atoms with Crippen molar-refractivity contribution in [3.8, 4) is 0 Å². The van der Waals surface area contributed by atoms with Gasteiger partial charge >= 0.3 is 0 Å². The van der Waals surface area contributed by atoms with Gasteiger partial charge in [0.15, 0.2) is 0 Å². The lowest BCUT2D eigenvalue weighted by Crippen LogP contribution is -2.31. The first-order chi connectivity index (χ1) is 8.47. The van der Waals surface area contributed by atoms with Crippen molar-refractivity contribution in [3.63, 3.8) is 0 Å². The van der Waals surface area contributed by atoms with E-state index in [9.17, 15) is 0 Å². The third-order valence-corrected chi connectivity index (χ3v) is 4.86. The van der Waals surface area contributed by atoms with Crippen LogP contribution in [0.3, 0.4) is 0 Å². The van der Waals surface area contributed by atoms with E-state index in [4.69, 9.17) is 11.6 Å². The summed E-state index contributed by atoms with van der Waals surface area (Å²) in [6.07, 6.45) is 0. The number of benzene rings is 1. The zero-order chi connectivity index (χ0) is 13.7. The van der Waals surface area contributed by atoms with E-state index in [0.29, 0.717) is 17.9 Å². The molecule has 0 radical (unpaired) electrons. The molecule has 0 aliphatic carbocycles. The second-order valence-corrected chi connectivity index (χ2v) is 6.35. The number of hydrogen-bond donors (Lipinski definition) is 0. The molecule has 0 aromatic heterocycles. The minimum absolute atomic E-state index is 0.346. The topological polar surface area (TPSA) is 3.24 Å². The summed E-state index contributed by atoms with van der Waals surface area (Å²) in [5, 5.41) is 1.90. The fourth-order valence-electron chi connectivity index (χ4n) is 2.02. The minimum Gasteiger partial charge on any atom is -0.299 e. The van der Waals surface area contributed by atoms with Crippen LogP contribution in [-0.4, -0.2) is 23.8 Å². The average Bonchev–Trinajstić information content (AvgIpc) is 2.35. The molecule has 1 aromatic carbocycles. The van der Waals surface area contributed by atoms with Crippen LogP contribution in [0.1, 0.15) is 32.4 Å². The normalized spacial score (nSPS) is 15.1. The first-order valence-corrected chi connectivity index (χ1v) is 7.98. The summed E-state index contributed by atoms with van der Waals surface area (Å²) in [5.74, 6) is 1.35. The van der Waals surface area contributed by atoms with Crippen LogP contribution in [0.5, 0.6) is 0 Å². The lowest BCUT2D eigenvalue weighted by atomic mass is 9.96. The van der Waals surface area contributed by atoms with Crippen LogP contribution < -0.4 is 0 Å². The Labute approximate surface area is 125 Å². The zero-order valence-corrected chi connectivity index (χ0v) is 14.0. The molecular formula is C15H23BrClN. The second-order valence-electron chi connectivity index (χ2n) is 5.30. The van der Waals surface area contributed by atoms with Crippen LogP contribution in [0.4, 0.5) is 0 Å². The number of alkyl halides is 1. The lowest BCUT2D eigenvalue weighted by Gasteiger charge is -2.30. The van der Waals surface area contributed by atoms with Crippen molar-refractivity contribution >= 4 is 27.5 Å². The molecule has 0 spiro atoms. The lowest BCUT2D eigenvalue weighted by molar-refractivity contribution is 0.205. The molecule has 0 saturated carbocycles. The average molecular weight is 333 g/mol. The van der Waals surface area contributed by atoms with Gasteiger partial charge in [-0.05, 0) is 37.4 Å². The molecule has 3 heteroatoms. The molecule has 18 heavy (non-hydrogen) atoms. The summed E-state index contributed by atoms with van der Waals surface area (Å²) in [4.78, 5) is 2.38. The van der Waals surface area contributed by atoms with E-state index in [-0.39, 0.29) is 0 Å². The van der Waals surface area contributed by atoms with E-state index in [2.05, 4.69) is 60.8 Å². The summed E-state index contributed by atoms with van der Waals surface area (Å²) in [5.41, 5.74) is 1.21.